The highest BCUT2D eigenvalue weighted by molar-refractivity contribution is 7.91. The molecule has 3 N–H and O–H groups in total. The summed E-state index contributed by atoms with van der Waals surface area (Å²) in [6, 6.07) is 16.6. The maximum atomic E-state index is 11.5. The number of fused-ring (bicyclic) bond motifs is 1. The summed E-state index contributed by atoms with van der Waals surface area (Å²) in [5.41, 5.74) is 10.4. The second kappa shape index (κ2) is 6.20. The summed E-state index contributed by atoms with van der Waals surface area (Å²) in [4.78, 5) is 5.42. The molecule has 0 bridgehead atoms. The highest BCUT2D eigenvalue weighted by atomic mass is 32.2. The van der Waals surface area contributed by atoms with Crippen LogP contribution in [0.1, 0.15) is 5.56 Å². The molecule has 1 saturated heterocycles. The first kappa shape index (κ1) is 16.2. The average molecular weight is 355 g/mol. The quantitative estimate of drug-likeness (QED) is 0.757. The van der Waals surface area contributed by atoms with E-state index in [9.17, 15) is 8.42 Å². The summed E-state index contributed by atoms with van der Waals surface area (Å²) in [6.45, 7) is 2.02. The lowest BCUT2D eigenvalue weighted by atomic mass is 10.0. The fraction of sp³-hybridized carbons (Fsp3) is 0.263. The Morgan fingerprint density at radius 3 is 2.48 bits per heavy atom. The zero-order valence-corrected chi connectivity index (χ0v) is 14.7. The molecule has 25 heavy (non-hydrogen) atoms. The Labute approximate surface area is 147 Å². The molecule has 0 radical (unpaired) electrons. The Morgan fingerprint density at radius 2 is 1.76 bits per heavy atom. The third-order valence-electron chi connectivity index (χ3n) is 4.79. The van der Waals surface area contributed by atoms with Gasteiger partial charge in [0.05, 0.1) is 17.0 Å². The second-order valence-corrected chi connectivity index (χ2v) is 8.92. The largest absolute Gasteiger partial charge is 0.385 e. The van der Waals surface area contributed by atoms with Gasteiger partial charge in [0.1, 0.15) is 5.82 Å². The van der Waals surface area contributed by atoms with E-state index in [-0.39, 0.29) is 11.5 Å². The predicted molar refractivity (Wildman–Crippen MR) is 102 cm³/mol. The minimum absolute atomic E-state index is 0.265. The van der Waals surface area contributed by atoms with Crippen LogP contribution in [-0.2, 0) is 16.4 Å². The Hall–Kier alpha value is -2.31. The molecule has 1 aliphatic heterocycles. The van der Waals surface area contributed by atoms with Crippen LogP contribution in [0.5, 0.6) is 0 Å². The number of nitrogens with one attached hydrogen (secondary N) is 1. The van der Waals surface area contributed by atoms with Crippen LogP contribution >= 0.6 is 0 Å². The Bertz CT molecular complexity index is 993. The molecule has 1 aliphatic rings. The SMILES string of the molecule is Nc1cc2cccc(-c3ccc(CN4CCS(=O)(=O)CC4)cc3)c2[nH]1. The summed E-state index contributed by atoms with van der Waals surface area (Å²) in [7, 11) is -2.82. The van der Waals surface area contributed by atoms with E-state index in [1.165, 1.54) is 5.56 Å². The van der Waals surface area contributed by atoms with Crippen LogP contribution < -0.4 is 5.73 Å². The number of sulfone groups is 1. The summed E-state index contributed by atoms with van der Waals surface area (Å²) in [5, 5.41) is 1.11. The van der Waals surface area contributed by atoms with Crippen molar-refractivity contribution in [2.45, 2.75) is 6.54 Å². The van der Waals surface area contributed by atoms with E-state index in [4.69, 9.17) is 5.73 Å². The highest BCUT2D eigenvalue weighted by Crippen LogP contribution is 2.29. The van der Waals surface area contributed by atoms with Crippen molar-refractivity contribution in [3.63, 3.8) is 0 Å². The molecule has 2 heterocycles. The van der Waals surface area contributed by atoms with Gasteiger partial charge in [0.25, 0.3) is 0 Å². The van der Waals surface area contributed by atoms with Crippen molar-refractivity contribution in [1.82, 2.24) is 9.88 Å². The van der Waals surface area contributed by atoms with Gasteiger partial charge in [0.2, 0.25) is 0 Å². The van der Waals surface area contributed by atoms with Gasteiger partial charge < -0.3 is 10.7 Å². The molecule has 5 nitrogen and oxygen atoms in total. The van der Waals surface area contributed by atoms with Gasteiger partial charge in [-0.2, -0.15) is 0 Å². The number of aromatic nitrogens is 1. The molecule has 0 saturated carbocycles. The van der Waals surface area contributed by atoms with Crippen molar-refractivity contribution in [2.75, 3.05) is 30.3 Å². The van der Waals surface area contributed by atoms with Crippen LogP contribution in [0.4, 0.5) is 5.82 Å². The number of hydrogen-bond donors (Lipinski definition) is 2. The molecule has 1 aromatic heterocycles. The number of nitrogen functional groups attached to an aromatic ring is 1. The van der Waals surface area contributed by atoms with Crippen LogP contribution in [0, 0.1) is 0 Å². The van der Waals surface area contributed by atoms with Crippen molar-refractivity contribution in [1.29, 1.82) is 0 Å². The molecular formula is C19H21N3O2S. The molecule has 6 heteroatoms. The Balaban J connectivity index is 1.54. The minimum atomic E-state index is -2.82. The van der Waals surface area contributed by atoms with Gasteiger partial charge in [0, 0.05) is 30.6 Å². The van der Waals surface area contributed by atoms with Gasteiger partial charge >= 0.3 is 0 Å². The number of hydrogen-bond acceptors (Lipinski definition) is 4. The first-order chi connectivity index (χ1) is 12.0. The topological polar surface area (TPSA) is 79.2 Å². The Kier molecular flexibility index (Phi) is 4.01. The maximum absolute atomic E-state index is 11.5. The summed E-state index contributed by atoms with van der Waals surface area (Å²) < 4.78 is 23.0. The number of aromatic amines is 1. The van der Waals surface area contributed by atoms with E-state index >= 15 is 0 Å². The van der Waals surface area contributed by atoms with Gasteiger partial charge in [-0.3, -0.25) is 4.90 Å². The van der Waals surface area contributed by atoms with Gasteiger partial charge in [-0.05, 0) is 17.2 Å². The number of benzene rings is 2. The predicted octanol–water partition coefficient (Wildman–Crippen LogP) is 2.65. The van der Waals surface area contributed by atoms with Gasteiger partial charge in [-0.1, -0.05) is 42.5 Å². The molecule has 2 aromatic carbocycles. The van der Waals surface area contributed by atoms with E-state index in [0.29, 0.717) is 18.9 Å². The Morgan fingerprint density at radius 1 is 1.04 bits per heavy atom. The molecule has 0 amide bonds. The lowest BCUT2D eigenvalue weighted by Crippen LogP contribution is -2.39. The van der Waals surface area contributed by atoms with Crippen LogP contribution in [0.15, 0.2) is 48.5 Å². The first-order valence-corrected chi connectivity index (χ1v) is 10.2. The van der Waals surface area contributed by atoms with Crippen molar-refractivity contribution < 1.29 is 8.42 Å². The van der Waals surface area contributed by atoms with Crippen LogP contribution in [0.3, 0.4) is 0 Å². The number of nitrogens with zero attached hydrogens (tertiary/aromatic N) is 1. The smallest absolute Gasteiger partial charge is 0.152 e. The number of anilines is 1. The summed E-state index contributed by atoms with van der Waals surface area (Å²) >= 11 is 0. The van der Waals surface area contributed by atoms with Gasteiger partial charge in [-0.25, -0.2) is 8.42 Å². The van der Waals surface area contributed by atoms with E-state index in [0.717, 1.165) is 28.6 Å². The standard InChI is InChI=1S/C19H21N3O2S/c20-18-12-16-2-1-3-17(19(16)21-18)15-6-4-14(5-7-15)13-22-8-10-25(23,24)11-9-22/h1-7,12,21H,8-11,13,20H2. The van der Waals surface area contributed by atoms with Crippen LogP contribution in [0.2, 0.25) is 0 Å². The van der Waals surface area contributed by atoms with Crippen LogP contribution in [-0.4, -0.2) is 42.9 Å². The second-order valence-electron chi connectivity index (χ2n) is 6.62. The van der Waals surface area contributed by atoms with Crippen molar-refractivity contribution in [3.05, 3.63) is 54.1 Å². The molecule has 3 aromatic rings. The molecule has 0 aliphatic carbocycles. The molecule has 0 unspecified atom stereocenters. The monoisotopic (exact) mass is 355 g/mol. The zero-order chi connectivity index (χ0) is 17.4. The maximum Gasteiger partial charge on any atom is 0.152 e. The third kappa shape index (κ3) is 3.41. The van der Waals surface area contributed by atoms with Crippen molar-refractivity contribution in [3.8, 4) is 11.1 Å². The summed E-state index contributed by atoms with van der Waals surface area (Å²) in [6.07, 6.45) is 0. The molecule has 1 fully saturated rings. The number of H-pyrrole nitrogens is 1. The average Bonchev–Trinajstić information content (AvgIpc) is 2.98. The number of rotatable bonds is 3. The molecule has 130 valence electrons. The van der Waals surface area contributed by atoms with Crippen molar-refractivity contribution >= 4 is 26.6 Å². The summed E-state index contributed by atoms with van der Waals surface area (Å²) in [5.74, 6) is 1.20. The molecule has 0 atom stereocenters. The normalized spacial score (nSPS) is 17.8. The molecule has 0 spiro atoms. The molecule has 4 rings (SSSR count). The van der Waals surface area contributed by atoms with Crippen molar-refractivity contribution in [2.24, 2.45) is 0 Å². The zero-order valence-electron chi connectivity index (χ0n) is 13.9. The number of nitrogens with two attached hydrogens (primary N) is 1. The van der Waals surface area contributed by atoms with E-state index in [1.807, 2.05) is 18.2 Å². The minimum Gasteiger partial charge on any atom is -0.385 e. The van der Waals surface area contributed by atoms with E-state index < -0.39 is 9.84 Å². The number of para-hydroxylation sites is 1. The third-order valence-corrected chi connectivity index (χ3v) is 6.39. The fourth-order valence-electron chi connectivity index (χ4n) is 3.37. The van der Waals surface area contributed by atoms with Gasteiger partial charge in [0.15, 0.2) is 9.84 Å². The fourth-order valence-corrected chi connectivity index (χ4v) is 4.65. The lowest BCUT2D eigenvalue weighted by Gasteiger charge is -2.26. The van der Waals surface area contributed by atoms with Crippen LogP contribution in [0.25, 0.3) is 22.0 Å². The van der Waals surface area contributed by atoms with Gasteiger partial charge in [-0.15, -0.1) is 0 Å². The highest BCUT2D eigenvalue weighted by Gasteiger charge is 2.21. The van der Waals surface area contributed by atoms with E-state index in [1.54, 1.807) is 0 Å². The molecular weight excluding hydrogens is 334 g/mol. The lowest BCUT2D eigenvalue weighted by molar-refractivity contribution is 0.287. The first-order valence-electron chi connectivity index (χ1n) is 8.39. The van der Waals surface area contributed by atoms with E-state index in [2.05, 4.69) is 40.2 Å².